The molecule has 0 atom stereocenters. The van der Waals surface area contributed by atoms with Gasteiger partial charge >= 0.3 is 0 Å². The molecule has 1 aliphatic rings. The van der Waals surface area contributed by atoms with Gasteiger partial charge in [0.1, 0.15) is 5.82 Å². The van der Waals surface area contributed by atoms with Crippen molar-refractivity contribution in [3.8, 4) is 0 Å². The highest BCUT2D eigenvalue weighted by Gasteiger charge is 2.27. The summed E-state index contributed by atoms with van der Waals surface area (Å²) in [5, 5.41) is 0. The van der Waals surface area contributed by atoms with Crippen molar-refractivity contribution in [3.05, 3.63) is 29.6 Å². The van der Waals surface area contributed by atoms with E-state index in [0.717, 1.165) is 30.1 Å². The highest BCUT2D eigenvalue weighted by atomic mass is 32.2. The quantitative estimate of drug-likeness (QED) is 0.879. The second-order valence-corrected chi connectivity index (χ2v) is 6.81. The van der Waals surface area contributed by atoms with Gasteiger partial charge in [-0.05, 0) is 37.6 Å². The Balaban J connectivity index is 2.27. The SMILES string of the molecule is CC1(C)CN(c2ccc(F)cc2CN)CCS1. The fraction of sp³-hybridized carbons (Fsp3) is 0.538. The normalized spacial score (nSPS) is 19.4. The summed E-state index contributed by atoms with van der Waals surface area (Å²) in [6, 6.07) is 4.91. The third kappa shape index (κ3) is 2.93. The van der Waals surface area contributed by atoms with Crippen LogP contribution in [-0.2, 0) is 6.54 Å². The highest BCUT2D eigenvalue weighted by molar-refractivity contribution is 8.00. The van der Waals surface area contributed by atoms with E-state index >= 15 is 0 Å². The lowest BCUT2D eigenvalue weighted by molar-refractivity contribution is 0.621. The summed E-state index contributed by atoms with van der Waals surface area (Å²) >= 11 is 1.99. The molecule has 1 fully saturated rings. The van der Waals surface area contributed by atoms with E-state index in [9.17, 15) is 4.39 Å². The molecule has 0 amide bonds. The van der Waals surface area contributed by atoms with E-state index in [1.54, 1.807) is 6.07 Å². The first-order valence-corrected chi connectivity index (χ1v) is 6.88. The van der Waals surface area contributed by atoms with Crippen molar-refractivity contribution in [2.75, 3.05) is 23.7 Å². The minimum absolute atomic E-state index is 0.208. The maximum atomic E-state index is 13.2. The highest BCUT2D eigenvalue weighted by Crippen LogP contribution is 2.33. The molecule has 1 aliphatic heterocycles. The Kier molecular flexibility index (Phi) is 3.64. The average molecular weight is 254 g/mol. The molecule has 0 saturated carbocycles. The molecule has 0 radical (unpaired) electrons. The van der Waals surface area contributed by atoms with Crippen molar-refractivity contribution in [1.82, 2.24) is 0 Å². The molecular weight excluding hydrogens is 235 g/mol. The summed E-state index contributed by atoms with van der Waals surface area (Å²) in [6.45, 7) is 6.87. The predicted molar refractivity (Wildman–Crippen MR) is 73.0 cm³/mol. The van der Waals surface area contributed by atoms with Gasteiger partial charge in [0.25, 0.3) is 0 Å². The topological polar surface area (TPSA) is 29.3 Å². The monoisotopic (exact) mass is 254 g/mol. The fourth-order valence-electron chi connectivity index (χ4n) is 2.25. The van der Waals surface area contributed by atoms with Gasteiger partial charge in [0.2, 0.25) is 0 Å². The molecule has 1 heterocycles. The van der Waals surface area contributed by atoms with E-state index in [2.05, 4.69) is 18.7 Å². The van der Waals surface area contributed by atoms with E-state index in [0.29, 0.717) is 6.54 Å². The van der Waals surface area contributed by atoms with Crippen molar-refractivity contribution < 1.29 is 4.39 Å². The van der Waals surface area contributed by atoms with Crippen LogP contribution in [0.3, 0.4) is 0 Å². The lowest BCUT2D eigenvalue weighted by atomic mass is 10.1. The van der Waals surface area contributed by atoms with Crippen LogP contribution in [0.15, 0.2) is 18.2 Å². The minimum Gasteiger partial charge on any atom is -0.369 e. The molecule has 2 nitrogen and oxygen atoms in total. The zero-order valence-corrected chi connectivity index (χ0v) is 11.2. The molecule has 0 unspecified atom stereocenters. The molecule has 1 saturated heterocycles. The fourth-order valence-corrected chi connectivity index (χ4v) is 3.36. The Morgan fingerprint density at radius 3 is 2.88 bits per heavy atom. The van der Waals surface area contributed by atoms with Crippen LogP contribution in [-0.4, -0.2) is 23.6 Å². The van der Waals surface area contributed by atoms with Gasteiger partial charge in [-0.1, -0.05) is 0 Å². The Hall–Kier alpha value is -0.740. The van der Waals surface area contributed by atoms with E-state index in [1.807, 2.05) is 17.8 Å². The lowest BCUT2D eigenvalue weighted by Crippen LogP contribution is -2.43. The first-order valence-electron chi connectivity index (χ1n) is 5.89. The molecule has 2 N–H and O–H groups in total. The van der Waals surface area contributed by atoms with E-state index in [-0.39, 0.29) is 10.6 Å². The van der Waals surface area contributed by atoms with Crippen molar-refractivity contribution in [2.24, 2.45) is 5.73 Å². The first-order chi connectivity index (χ1) is 8.02. The molecule has 4 heteroatoms. The van der Waals surface area contributed by atoms with Crippen molar-refractivity contribution in [2.45, 2.75) is 25.1 Å². The Bertz CT molecular complexity index is 406. The van der Waals surface area contributed by atoms with Crippen LogP contribution in [0.5, 0.6) is 0 Å². The first kappa shape index (κ1) is 12.7. The van der Waals surface area contributed by atoms with Crippen molar-refractivity contribution >= 4 is 17.4 Å². The number of benzene rings is 1. The van der Waals surface area contributed by atoms with E-state index in [4.69, 9.17) is 5.73 Å². The molecule has 94 valence electrons. The van der Waals surface area contributed by atoms with Crippen molar-refractivity contribution in [3.63, 3.8) is 0 Å². The molecule has 17 heavy (non-hydrogen) atoms. The number of nitrogens with two attached hydrogens (primary N) is 1. The van der Waals surface area contributed by atoms with Crippen LogP contribution >= 0.6 is 11.8 Å². The molecule has 0 spiro atoms. The molecule has 2 rings (SSSR count). The summed E-state index contributed by atoms with van der Waals surface area (Å²) in [7, 11) is 0. The van der Waals surface area contributed by atoms with Crippen molar-refractivity contribution in [1.29, 1.82) is 0 Å². The Morgan fingerprint density at radius 2 is 2.24 bits per heavy atom. The van der Waals surface area contributed by atoms with Gasteiger partial charge in [-0.2, -0.15) is 11.8 Å². The van der Waals surface area contributed by atoms with Gasteiger partial charge < -0.3 is 10.6 Å². The third-order valence-electron chi connectivity index (χ3n) is 3.03. The van der Waals surface area contributed by atoms with Crippen LogP contribution in [0.4, 0.5) is 10.1 Å². The summed E-state index contributed by atoms with van der Waals surface area (Å²) < 4.78 is 13.4. The molecule has 0 aliphatic carbocycles. The maximum absolute atomic E-state index is 13.2. The maximum Gasteiger partial charge on any atom is 0.123 e. The summed E-state index contributed by atoms with van der Waals surface area (Å²) in [4.78, 5) is 2.32. The zero-order valence-electron chi connectivity index (χ0n) is 10.4. The minimum atomic E-state index is -0.208. The Morgan fingerprint density at radius 1 is 1.47 bits per heavy atom. The summed E-state index contributed by atoms with van der Waals surface area (Å²) in [5.41, 5.74) is 7.68. The van der Waals surface area contributed by atoms with Gasteiger partial charge in [0.05, 0.1) is 0 Å². The lowest BCUT2D eigenvalue weighted by Gasteiger charge is -2.39. The standard InChI is InChI=1S/C13H19FN2S/c1-13(2)9-16(5-6-17-13)12-4-3-11(14)7-10(12)8-15/h3-4,7H,5-6,8-9,15H2,1-2H3. The van der Waals surface area contributed by atoms with Crippen LogP contribution < -0.4 is 10.6 Å². The second-order valence-electron chi connectivity index (χ2n) is 5.01. The van der Waals surface area contributed by atoms with Crippen LogP contribution in [0, 0.1) is 5.82 Å². The zero-order chi connectivity index (χ0) is 12.5. The molecule has 1 aromatic carbocycles. The summed E-state index contributed by atoms with van der Waals surface area (Å²) in [6.07, 6.45) is 0. The number of hydrogen-bond acceptors (Lipinski definition) is 3. The number of rotatable bonds is 2. The number of anilines is 1. The number of hydrogen-bond donors (Lipinski definition) is 1. The molecule has 0 aromatic heterocycles. The van der Waals surface area contributed by atoms with Gasteiger partial charge in [-0.3, -0.25) is 0 Å². The van der Waals surface area contributed by atoms with Crippen LogP contribution in [0.1, 0.15) is 19.4 Å². The van der Waals surface area contributed by atoms with Crippen LogP contribution in [0.2, 0.25) is 0 Å². The largest absolute Gasteiger partial charge is 0.369 e. The number of nitrogens with zero attached hydrogens (tertiary/aromatic N) is 1. The predicted octanol–water partition coefficient (Wildman–Crippen LogP) is 2.62. The van der Waals surface area contributed by atoms with Gasteiger partial charge in [-0.25, -0.2) is 4.39 Å². The molecule has 0 bridgehead atoms. The Labute approximate surface area is 106 Å². The van der Waals surface area contributed by atoms with Gasteiger partial charge in [0.15, 0.2) is 0 Å². The molecule has 1 aromatic rings. The molecular formula is C13H19FN2S. The van der Waals surface area contributed by atoms with E-state index in [1.165, 1.54) is 6.07 Å². The van der Waals surface area contributed by atoms with Crippen LogP contribution in [0.25, 0.3) is 0 Å². The van der Waals surface area contributed by atoms with Gasteiger partial charge in [-0.15, -0.1) is 0 Å². The third-order valence-corrected chi connectivity index (χ3v) is 4.33. The number of thioether (sulfide) groups is 1. The summed E-state index contributed by atoms with van der Waals surface area (Å²) in [5.74, 6) is 0.897. The smallest absolute Gasteiger partial charge is 0.123 e. The van der Waals surface area contributed by atoms with Gasteiger partial charge in [0, 0.05) is 35.8 Å². The second kappa shape index (κ2) is 4.86. The van der Waals surface area contributed by atoms with E-state index < -0.39 is 0 Å². The average Bonchev–Trinajstić information content (AvgIpc) is 2.27. The number of halogens is 1.